The molecule has 0 fully saturated rings. The van der Waals surface area contributed by atoms with Crippen LogP contribution < -0.4 is 9.88 Å². The summed E-state index contributed by atoms with van der Waals surface area (Å²) in [6, 6.07) is 19.7. The SMILES string of the molecule is O=[N+]([O-])c1ccc(N=Nc2ccc(NCCC[n+]3ccccc3)cc2)cc1. The van der Waals surface area contributed by atoms with Crippen LogP contribution in [0, 0.1) is 10.1 Å². The Bertz CT molecular complexity index is 894. The highest BCUT2D eigenvalue weighted by molar-refractivity contribution is 5.51. The third-order valence-electron chi connectivity index (χ3n) is 3.91. The molecule has 27 heavy (non-hydrogen) atoms. The number of hydrogen-bond acceptors (Lipinski definition) is 5. The number of nitrogens with one attached hydrogen (secondary N) is 1. The Balaban J connectivity index is 1.47. The van der Waals surface area contributed by atoms with Crippen molar-refractivity contribution in [1.82, 2.24) is 0 Å². The van der Waals surface area contributed by atoms with Crippen molar-refractivity contribution in [2.24, 2.45) is 10.2 Å². The Morgan fingerprint density at radius 1 is 0.889 bits per heavy atom. The minimum absolute atomic E-state index is 0.0371. The Kier molecular flexibility index (Phi) is 6.19. The maximum atomic E-state index is 10.6. The van der Waals surface area contributed by atoms with E-state index in [1.165, 1.54) is 12.1 Å². The number of pyridine rings is 1. The van der Waals surface area contributed by atoms with Gasteiger partial charge in [-0.25, -0.2) is 4.57 Å². The molecule has 7 heteroatoms. The van der Waals surface area contributed by atoms with E-state index in [9.17, 15) is 10.1 Å². The van der Waals surface area contributed by atoms with E-state index in [-0.39, 0.29) is 5.69 Å². The van der Waals surface area contributed by atoms with E-state index in [1.54, 1.807) is 12.1 Å². The molecule has 0 radical (unpaired) electrons. The molecule has 3 aromatic rings. The average molecular weight is 362 g/mol. The van der Waals surface area contributed by atoms with E-state index in [4.69, 9.17) is 0 Å². The number of nitrogens with zero attached hydrogens (tertiary/aromatic N) is 4. The zero-order valence-corrected chi connectivity index (χ0v) is 14.7. The smallest absolute Gasteiger partial charge is 0.269 e. The van der Waals surface area contributed by atoms with E-state index in [2.05, 4.69) is 32.5 Å². The van der Waals surface area contributed by atoms with Crippen LogP contribution in [0.25, 0.3) is 0 Å². The van der Waals surface area contributed by atoms with Crippen LogP contribution in [0.3, 0.4) is 0 Å². The molecule has 136 valence electrons. The molecular weight excluding hydrogens is 342 g/mol. The quantitative estimate of drug-likeness (QED) is 0.205. The average Bonchev–Trinajstić information content (AvgIpc) is 2.71. The molecule has 1 heterocycles. The highest BCUT2D eigenvalue weighted by atomic mass is 16.6. The van der Waals surface area contributed by atoms with E-state index >= 15 is 0 Å². The molecule has 0 spiro atoms. The first-order chi connectivity index (χ1) is 13.2. The molecule has 0 aliphatic carbocycles. The van der Waals surface area contributed by atoms with E-state index in [1.807, 2.05) is 42.5 Å². The van der Waals surface area contributed by atoms with Gasteiger partial charge < -0.3 is 5.32 Å². The van der Waals surface area contributed by atoms with Crippen molar-refractivity contribution in [3.05, 3.63) is 89.2 Å². The lowest BCUT2D eigenvalue weighted by atomic mass is 10.3. The lowest BCUT2D eigenvalue weighted by Crippen LogP contribution is -2.33. The first-order valence-electron chi connectivity index (χ1n) is 8.65. The summed E-state index contributed by atoms with van der Waals surface area (Å²) in [5.41, 5.74) is 2.36. The van der Waals surface area contributed by atoms with Gasteiger partial charge in [0.05, 0.1) is 16.3 Å². The summed E-state index contributed by atoms with van der Waals surface area (Å²) >= 11 is 0. The highest BCUT2D eigenvalue weighted by Gasteiger charge is 2.03. The molecule has 1 aromatic heterocycles. The summed E-state index contributed by atoms with van der Waals surface area (Å²) in [5.74, 6) is 0. The van der Waals surface area contributed by atoms with Gasteiger partial charge in [0, 0.05) is 42.9 Å². The minimum Gasteiger partial charge on any atom is -0.385 e. The van der Waals surface area contributed by atoms with Gasteiger partial charge in [0.2, 0.25) is 0 Å². The molecule has 7 nitrogen and oxygen atoms in total. The molecule has 0 bridgehead atoms. The van der Waals surface area contributed by atoms with Crippen molar-refractivity contribution in [3.8, 4) is 0 Å². The number of anilines is 1. The van der Waals surface area contributed by atoms with E-state index in [0.717, 1.165) is 30.9 Å². The summed E-state index contributed by atoms with van der Waals surface area (Å²) in [5, 5.41) is 22.3. The van der Waals surface area contributed by atoms with Crippen molar-refractivity contribution in [2.75, 3.05) is 11.9 Å². The van der Waals surface area contributed by atoms with Crippen LogP contribution in [-0.4, -0.2) is 11.5 Å². The molecule has 0 unspecified atom stereocenters. The fraction of sp³-hybridized carbons (Fsp3) is 0.150. The molecule has 0 amide bonds. The number of aromatic nitrogens is 1. The van der Waals surface area contributed by atoms with Gasteiger partial charge >= 0.3 is 0 Å². The van der Waals surface area contributed by atoms with Gasteiger partial charge in [-0.2, -0.15) is 10.2 Å². The van der Waals surface area contributed by atoms with Crippen LogP contribution in [0.1, 0.15) is 6.42 Å². The first kappa shape index (κ1) is 18.2. The third kappa shape index (κ3) is 5.71. The van der Waals surface area contributed by atoms with Crippen LogP contribution in [0.5, 0.6) is 0 Å². The number of azo groups is 1. The van der Waals surface area contributed by atoms with Crippen LogP contribution in [-0.2, 0) is 6.54 Å². The number of non-ortho nitro benzene ring substituents is 1. The van der Waals surface area contributed by atoms with Crippen molar-refractivity contribution >= 4 is 22.7 Å². The predicted octanol–water partition coefficient (Wildman–Crippen LogP) is 4.80. The summed E-state index contributed by atoms with van der Waals surface area (Å²) in [4.78, 5) is 10.2. The Morgan fingerprint density at radius 2 is 1.48 bits per heavy atom. The largest absolute Gasteiger partial charge is 0.385 e. The van der Waals surface area contributed by atoms with Gasteiger partial charge in [0.1, 0.15) is 6.54 Å². The number of rotatable bonds is 8. The third-order valence-corrected chi connectivity index (χ3v) is 3.91. The van der Waals surface area contributed by atoms with E-state index in [0.29, 0.717) is 5.69 Å². The molecule has 0 saturated heterocycles. The Morgan fingerprint density at radius 3 is 2.07 bits per heavy atom. The number of hydrogen-bond donors (Lipinski definition) is 1. The summed E-state index contributed by atoms with van der Waals surface area (Å²) < 4.78 is 2.16. The summed E-state index contributed by atoms with van der Waals surface area (Å²) in [7, 11) is 0. The highest BCUT2D eigenvalue weighted by Crippen LogP contribution is 2.22. The van der Waals surface area contributed by atoms with Crippen LogP contribution in [0.4, 0.5) is 22.7 Å². The monoisotopic (exact) mass is 362 g/mol. The second-order valence-corrected chi connectivity index (χ2v) is 5.91. The topological polar surface area (TPSA) is 83.8 Å². The van der Waals surface area contributed by atoms with Crippen LogP contribution in [0.15, 0.2) is 89.4 Å². The van der Waals surface area contributed by atoms with Gasteiger partial charge in [-0.3, -0.25) is 10.1 Å². The van der Waals surface area contributed by atoms with Crippen molar-refractivity contribution in [2.45, 2.75) is 13.0 Å². The van der Waals surface area contributed by atoms with Crippen molar-refractivity contribution < 1.29 is 9.49 Å². The summed E-state index contributed by atoms with van der Waals surface area (Å²) in [6.07, 6.45) is 5.14. The fourth-order valence-electron chi connectivity index (χ4n) is 2.48. The summed E-state index contributed by atoms with van der Waals surface area (Å²) in [6.45, 7) is 1.85. The normalized spacial score (nSPS) is 10.8. The molecule has 3 rings (SSSR count). The van der Waals surface area contributed by atoms with Crippen molar-refractivity contribution in [1.29, 1.82) is 0 Å². The molecule has 0 atom stereocenters. The number of nitro groups is 1. The molecule has 0 aliphatic rings. The Labute approximate surface area is 157 Å². The molecule has 2 aromatic carbocycles. The van der Waals surface area contributed by atoms with Gasteiger partial charge in [0.25, 0.3) is 5.69 Å². The second kappa shape index (κ2) is 9.19. The maximum Gasteiger partial charge on any atom is 0.269 e. The lowest BCUT2D eigenvalue weighted by Gasteiger charge is -2.05. The van der Waals surface area contributed by atoms with Gasteiger partial charge in [0.15, 0.2) is 12.4 Å². The fourth-order valence-corrected chi connectivity index (χ4v) is 2.48. The number of nitro benzene ring substituents is 1. The molecular formula is C20H20N5O2+. The van der Waals surface area contributed by atoms with E-state index < -0.39 is 4.92 Å². The zero-order valence-electron chi connectivity index (χ0n) is 14.7. The molecule has 1 N–H and O–H groups in total. The van der Waals surface area contributed by atoms with Crippen LogP contribution in [0.2, 0.25) is 0 Å². The zero-order chi connectivity index (χ0) is 18.9. The van der Waals surface area contributed by atoms with Gasteiger partial charge in [-0.15, -0.1) is 0 Å². The van der Waals surface area contributed by atoms with Crippen LogP contribution >= 0.6 is 0 Å². The minimum atomic E-state index is -0.439. The molecule has 0 saturated carbocycles. The van der Waals surface area contributed by atoms with Gasteiger partial charge in [-0.1, -0.05) is 6.07 Å². The number of aryl methyl sites for hydroxylation is 1. The first-order valence-corrected chi connectivity index (χ1v) is 8.65. The second-order valence-electron chi connectivity index (χ2n) is 5.91. The van der Waals surface area contributed by atoms with Crippen molar-refractivity contribution in [3.63, 3.8) is 0 Å². The van der Waals surface area contributed by atoms with Gasteiger partial charge in [-0.05, 0) is 36.4 Å². The number of benzene rings is 2. The predicted molar refractivity (Wildman–Crippen MR) is 103 cm³/mol. The lowest BCUT2D eigenvalue weighted by molar-refractivity contribution is -0.697. The Hall–Kier alpha value is -3.61. The standard InChI is InChI=1S/C20H20N5O2/c26-25(27)20-11-9-19(10-12-20)23-22-18-7-5-17(6-8-18)21-13-4-16-24-14-2-1-3-15-24/h1-3,5-12,14-15,21H,4,13,16H2/q+1. The maximum absolute atomic E-state index is 10.6. The molecule has 0 aliphatic heterocycles.